The molecule has 18 heavy (non-hydrogen) atoms. The van der Waals surface area contributed by atoms with E-state index < -0.39 is 11.6 Å². The van der Waals surface area contributed by atoms with E-state index in [1.807, 2.05) is 0 Å². The Balaban J connectivity index is 1.99. The van der Waals surface area contributed by atoms with Gasteiger partial charge in [-0.25, -0.2) is 8.78 Å². The van der Waals surface area contributed by atoms with Crippen molar-refractivity contribution < 1.29 is 13.5 Å². The lowest BCUT2D eigenvalue weighted by Crippen LogP contribution is -1.98. The Labute approximate surface area is 108 Å². The van der Waals surface area contributed by atoms with Crippen molar-refractivity contribution in [2.45, 2.75) is 12.5 Å². The first-order valence-electron chi connectivity index (χ1n) is 5.26. The van der Waals surface area contributed by atoms with Crippen LogP contribution in [0.25, 0.3) is 0 Å². The van der Waals surface area contributed by atoms with Crippen molar-refractivity contribution in [2.75, 3.05) is 0 Å². The first-order valence-corrected chi connectivity index (χ1v) is 5.80. The molecule has 0 aliphatic carbocycles. The van der Waals surface area contributed by atoms with Crippen LogP contribution in [0, 0.1) is 11.6 Å². The summed E-state index contributed by atoms with van der Waals surface area (Å²) in [5.41, 5.74) is 1.30. The van der Waals surface area contributed by atoms with Crippen molar-refractivity contribution in [3.05, 3.63) is 59.4 Å². The molecule has 0 spiro atoms. The summed E-state index contributed by atoms with van der Waals surface area (Å²) in [6, 6.07) is 7.12. The van der Waals surface area contributed by atoms with Crippen molar-refractivity contribution in [3.8, 4) is 5.75 Å². The minimum atomic E-state index is -0.883. The maximum atomic E-state index is 12.9. The summed E-state index contributed by atoms with van der Waals surface area (Å²) in [6.07, 6.45) is 1.54. The molecule has 0 saturated heterocycles. The number of aromatic nitrogens is 1. The van der Waals surface area contributed by atoms with Crippen LogP contribution < -0.4 is 4.74 Å². The SMILES string of the molecule is Fc1ccc(COc2ccc(CCl)nc2)cc1F. The molecule has 0 aliphatic heterocycles. The lowest BCUT2D eigenvalue weighted by atomic mass is 10.2. The van der Waals surface area contributed by atoms with Crippen molar-refractivity contribution in [2.24, 2.45) is 0 Å². The van der Waals surface area contributed by atoms with Crippen LogP contribution in [0.3, 0.4) is 0 Å². The van der Waals surface area contributed by atoms with Gasteiger partial charge in [0.15, 0.2) is 11.6 Å². The number of nitrogens with zero attached hydrogens (tertiary/aromatic N) is 1. The van der Waals surface area contributed by atoms with Gasteiger partial charge in [0.2, 0.25) is 0 Å². The molecule has 1 heterocycles. The number of halogens is 3. The second kappa shape index (κ2) is 5.78. The van der Waals surface area contributed by atoms with E-state index in [0.29, 0.717) is 17.2 Å². The maximum absolute atomic E-state index is 12.9. The minimum Gasteiger partial charge on any atom is -0.487 e. The number of rotatable bonds is 4. The van der Waals surface area contributed by atoms with Crippen molar-refractivity contribution in [3.63, 3.8) is 0 Å². The molecule has 5 heteroatoms. The fraction of sp³-hybridized carbons (Fsp3) is 0.154. The van der Waals surface area contributed by atoms with Gasteiger partial charge < -0.3 is 4.74 Å². The lowest BCUT2D eigenvalue weighted by Gasteiger charge is -2.06. The Morgan fingerprint density at radius 1 is 1.11 bits per heavy atom. The second-order valence-electron chi connectivity index (χ2n) is 3.66. The van der Waals surface area contributed by atoms with Gasteiger partial charge >= 0.3 is 0 Å². The van der Waals surface area contributed by atoms with Gasteiger partial charge in [-0.3, -0.25) is 4.98 Å². The van der Waals surface area contributed by atoms with Gasteiger partial charge in [0.05, 0.1) is 17.8 Å². The number of alkyl halides is 1. The molecule has 0 radical (unpaired) electrons. The first kappa shape index (κ1) is 12.8. The number of benzene rings is 1. The smallest absolute Gasteiger partial charge is 0.159 e. The molecule has 2 rings (SSSR count). The number of hydrogen-bond acceptors (Lipinski definition) is 2. The highest BCUT2D eigenvalue weighted by Gasteiger charge is 2.03. The number of hydrogen-bond donors (Lipinski definition) is 0. The topological polar surface area (TPSA) is 22.1 Å². The first-order chi connectivity index (χ1) is 8.69. The van der Waals surface area contributed by atoms with Crippen LogP contribution in [0.15, 0.2) is 36.5 Å². The normalized spacial score (nSPS) is 10.4. The molecular formula is C13H10ClF2NO. The summed E-state index contributed by atoms with van der Waals surface area (Å²) in [5, 5.41) is 0. The van der Waals surface area contributed by atoms with Gasteiger partial charge in [-0.1, -0.05) is 6.07 Å². The zero-order valence-corrected chi connectivity index (χ0v) is 10.1. The Morgan fingerprint density at radius 3 is 2.56 bits per heavy atom. The molecule has 1 aromatic carbocycles. The Kier molecular flexibility index (Phi) is 4.10. The highest BCUT2D eigenvalue weighted by molar-refractivity contribution is 6.16. The fourth-order valence-corrected chi connectivity index (χ4v) is 1.53. The summed E-state index contributed by atoms with van der Waals surface area (Å²) in [7, 11) is 0. The van der Waals surface area contributed by atoms with Gasteiger partial charge in [-0.05, 0) is 29.8 Å². The summed E-state index contributed by atoms with van der Waals surface area (Å²) in [5.74, 6) is -0.865. The Hall–Kier alpha value is -1.68. The van der Waals surface area contributed by atoms with Crippen LogP contribution >= 0.6 is 11.6 Å². The van der Waals surface area contributed by atoms with Crippen LogP contribution in [0.2, 0.25) is 0 Å². The Bertz CT molecular complexity index is 531. The average molecular weight is 270 g/mol. The van der Waals surface area contributed by atoms with Crippen LogP contribution in [0.4, 0.5) is 8.78 Å². The Morgan fingerprint density at radius 2 is 1.94 bits per heavy atom. The third kappa shape index (κ3) is 3.17. The molecule has 0 N–H and O–H groups in total. The molecule has 0 fully saturated rings. The quantitative estimate of drug-likeness (QED) is 0.790. The predicted molar refractivity (Wildman–Crippen MR) is 64.5 cm³/mol. The fourth-order valence-electron chi connectivity index (χ4n) is 1.37. The van der Waals surface area contributed by atoms with Gasteiger partial charge in [0.25, 0.3) is 0 Å². The highest BCUT2D eigenvalue weighted by Crippen LogP contribution is 2.14. The maximum Gasteiger partial charge on any atom is 0.159 e. The molecule has 0 amide bonds. The van der Waals surface area contributed by atoms with Gasteiger partial charge in [-0.15, -0.1) is 11.6 Å². The van der Waals surface area contributed by atoms with E-state index in [1.165, 1.54) is 12.3 Å². The third-order valence-corrected chi connectivity index (χ3v) is 2.60. The van der Waals surface area contributed by atoms with Gasteiger partial charge in [0.1, 0.15) is 12.4 Å². The largest absolute Gasteiger partial charge is 0.487 e. The second-order valence-corrected chi connectivity index (χ2v) is 3.92. The summed E-state index contributed by atoms with van der Waals surface area (Å²) in [4.78, 5) is 4.05. The minimum absolute atomic E-state index is 0.152. The average Bonchev–Trinajstić information content (AvgIpc) is 2.41. The van der Waals surface area contributed by atoms with E-state index in [2.05, 4.69) is 4.98 Å². The molecule has 0 bridgehead atoms. The van der Waals surface area contributed by atoms with E-state index >= 15 is 0 Å². The third-order valence-electron chi connectivity index (χ3n) is 2.32. The number of ether oxygens (including phenoxy) is 1. The van der Waals surface area contributed by atoms with E-state index in [-0.39, 0.29) is 6.61 Å². The van der Waals surface area contributed by atoms with Crippen molar-refractivity contribution in [1.29, 1.82) is 0 Å². The molecular weight excluding hydrogens is 260 g/mol. The molecule has 94 valence electrons. The van der Waals surface area contributed by atoms with E-state index in [4.69, 9.17) is 16.3 Å². The van der Waals surface area contributed by atoms with E-state index in [0.717, 1.165) is 17.8 Å². The van der Waals surface area contributed by atoms with Crippen LogP contribution in [-0.2, 0) is 12.5 Å². The predicted octanol–water partition coefficient (Wildman–Crippen LogP) is 3.68. The van der Waals surface area contributed by atoms with Crippen LogP contribution in [0.5, 0.6) is 5.75 Å². The van der Waals surface area contributed by atoms with Crippen LogP contribution in [-0.4, -0.2) is 4.98 Å². The van der Waals surface area contributed by atoms with Crippen molar-refractivity contribution >= 4 is 11.6 Å². The molecule has 0 atom stereocenters. The van der Waals surface area contributed by atoms with Crippen molar-refractivity contribution in [1.82, 2.24) is 4.98 Å². The highest BCUT2D eigenvalue weighted by atomic mass is 35.5. The van der Waals surface area contributed by atoms with Gasteiger partial charge in [-0.2, -0.15) is 0 Å². The molecule has 2 nitrogen and oxygen atoms in total. The summed E-state index contributed by atoms with van der Waals surface area (Å²) >= 11 is 5.60. The molecule has 1 aromatic heterocycles. The summed E-state index contributed by atoms with van der Waals surface area (Å²) in [6.45, 7) is 0.152. The zero-order chi connectivity index (χ0) is 13.0. The summed E-state index contributed by atoms with van der Waals surface area (Å²) < 4.78 is 31.0. The molecule has 0 aliphatic rings. The standard InChI is InChI=1S/C13H10ClF2NO/c14-6-10-2-3-11(7-17-10)18-8-9-1-4-12(15)13(16)5-9/h1-5,7H,6,8H2. The van der Waals surface area contributed by atoms with Crippen LogP contribution in [0.1, 0.15) is 11.3 Å². The molecule has 0 unspecified atom stereocenters. The monoisotopic (exact) mass is 269 g/mol. The van der Waals surface area contributed by atoms with E-state index in [9.17, 15) is 8.78 Å². The molecule has 2 aromatic rings. The zero-order valence-electron chi connectivity index (χ0n) is 9.37. The molecule has 0 saturated carbocycles. The van der Waals surface area contributed by atoms with Gasteiger partial charge in [0, 0.05) is 0 Å². The lowest BCUT2D eigenvalue weighted by molar-refractivity contribution is 0.303. The van der Waals surface area contributed by atoms with E-state index in [1.54, 1.807) is 12.1 Å². The number of pyridine rings is 1.